The summed E-state index contributed by atoms with van der Waals surface area (Å²) < 4.78 is 6.07. The molecule has 2 aromatic heterocycles. The average molecular weight is 210 g/mol. The number of H-pyrrole nitrogens is 1. The molecule has 0 fully saturated rings. The molecule has 0 bridgehead atoms. The molecular weight excluding hydrogens is 196 g/mol. The third-order valence-electron chi connectivity index (χ3n) is 1.64. The Morgan fingerprint density at radius 2 is 2.21 bits per heavy atom. The van der Waals surface area contributed by atoms with Crippen LogP contribution in [-0.2, 0) is 6.42 Å². The summed E-state index contributed by atoms with van der Waals surface area (Å²) in [5.74, 6) is 0.749. The fourth-order valence-electron chi connectivity index (χ4n) is 1.05. The summed E-state index contributed by atoms with van der Waals surface area (Å²) in [6.45, 7) is 6.00. The van der Waals surface area contributed by atoms with Crippen LogP contribution in [0.5, 0.6) is 0 Å². The first kappa shape index (κ1) is 10.9. The number of aryl methyl sites for hydroxylation is 1. The summed E-state index contributed by atoms with van der Waals surface area (Å²) in [6, 6.07) is 1.77. The first-order valence-corrected chi connectivity index (χ1v) is 5.18. The molecule has 0 saturated heterocycles. The van der Waals surface area contributed by atoms with E-state index in [4.69, 9.17) is 16.6 Å². The molecule has 0 aliphatic carbocycles. The lowest BCUT2D eigenvalue weighted by Gasteiger charge is -1.83. The number of rotatable bonds is 1. The van der Waals surface area contributed by atoms with Gasteiger partial charge in [0.2, 0.25) is 0 Å². The number of hydrogen-bond acceptors (Lipinski definition) is 3. The smallest absolute Gasteiger partial charge is 0.195 e. The minimum Gasteiger partial charge on any atom is -0.441 e. The third kappa shape index (κ3) is 2.20. The van der Waals surface area contributed by atoms with Crippen molar-refractivity contribution < 1.29 is 4.42 Å². The topological polar surface area (TPSA) is 41.8 Å². The highest BCUT2D eigenvalue weighted by Crippen LogP contribution is 2.13. The van der Waals surface area contributed by atoms with Crippen LogP contribution in [0.4, 0.5) is 0 Å². The van der Waals surface area contributed by atoms with Crippen LogP contribution in [0.2, 0.25) is 0 Å². The first-order chi connectivity index (χ1) is 6.79. The fraction of sp³-hybridized carbons (Fsp3) is 0.400. The third-order valence-corrected chi connectivity index (χ3v) is 1.88. The molecule has 3 nitrogen and oxygen atoms in total. The first-order valence-electron chi connectivity index (χ1n) is 4.77. The Morgan fingerprint density at radius 1 is 1.50 bits per heavy atom. The van der Waals surface area contributed by atoms with Crippen molar-refractivity contribution in [1.29, 1.82) is 0 Å². The quantitative estimate of drug-likeness (QED) is 0.733. The predicted octanol–water partition coefficient (Wildman–Crippen LogP) is 3.47. The molecule has 2 heterocycles. The zero-order chi connectivity index (χ0) is 10.6. The second kappa shape index (κ2) is 4.91. The zero-order valence-electron chi connectivity index (χ0n) is 8.63. The van der Waals surface area contributed by atoms with Crippen LogP contribution in [0.25, 0.3) is 11.1 Å². The van der Waals surface area contributed by atoms with Gasteiger partial charge in [-0.25, -0.2) is 4.98 Å². The lowest BCUT2D eigenvalue weighted by atomic mass is 10.4. The summed E-state index contributed by atoms with van der Waals surface area (Å²) >= 11 is 4.94. The molecule has 0 unspecified atom stereocenters. The second-order valence-electron chi connectivity index (χ2n) is 2.51. The highest BCUT2D eigenvalue weighted by molar-refractivity contribution is 7.71. The molecule has 0 amide bonds. The Labute approximate surface area is 88.2 Å². The normalized spacial score (nSPS) is 9.64. The zero-order valence-corrected chi connectivity index (χ0v) is 9.44. The standard InChI is InChI=1S/C8H8N2OS.C2H6/c1-2-7-10-5-4-9-8(12)3-6(5)11-7;1-2/h3-4H,2H2,1H3,(H,9,12);1-2H3. The monoisotopic (exact) mass is 210 g/mol. The fourth-order valence-corrected chi connectivity index (χ4v) is 1.22. The van der Waals surface area contributed by atoms with Crippen LogP contribution in [0.15, 0.2) is 16.7 Å². The van der Waals surface area contributed by atoms with Crippen molar-refractivity contribution in [2.75, 3.05) is 0 Å². The van der Waals surface area contributed by atoms with Gasteiger partial charge in [-0.15, -0.1) is 0 Å². The van der Waals surface area contributed by atoms with Gasteiger partial charge in [-0.05, 0) is 0 Å². The van der Waals surface area contributed by atoms with Gasteiger partial charge in [-0.3, -0.25) is 0 Å². The molecule has 14 heavy (non-hydrogen) atoms. The lowest BCUT2D eigenvalue weighted by Crippen LogP contribution is -1.76. The maximum atomic E-state index is 5.40. The van der Waals surface area contributed by atoms with E-state index in [1.54, 1.807) is 12.3 Å². The number of nitrogens with zero attached hydrogens (tertiary/aromatic N) is 1. The lowest BCUT2D eigenvalue weighted by molar-refractivity contribution is 0.538. The minimum atomic E-state index is 0.668. The molecule has 0 radical (unpaired) electrons. The van der Waals surface area contributed by atoms with E-state index < -0.39 is 0 Å². The van der Waals surface area contributed by atoms with Gasteiger partial charge in [-0.2, -0.15) is 0 Å². The van der Waals surface area contributed by atoms with E-state index in [0.29, 0.717) is 4.64 Å². The summed E-state index contributed by atoms with van der Waals surface area (Å²) in [4.78, 5) is 7.13. The SMILES string of the molecule is CC.CCc1nc2c[nH]c(=S)cc2o1. The van der Waals surface area contributed by atoms with E-state index in [2.05, 4.69) is 9.97 Å². The van der Waals surface area contributed by atoms with Crippen LogP contribution >= 0.6 is 12.2 Å². The van der Waals surface area contributed by atoms with Gasteiger partial charge >= 0.3 is 0 Å². The van der Waals surface area contributed by atoms with Gasteiger partial charge in [0.1, 0.15) is 10.2 Å². The van der Waals surface area contributed by atoms with Crippen molar-refractivity contribution in [1.82, 2.24) is 9.97 Å². The molecule has 0 aliphatic heterocycles. The summed E-state index contributed by atoms with van der Waals surface area (Å²) in [5, 5.41) is 0. The largest absolute Gasteiger partial charge is 0.441 e. The molecule has 1 N–H and O–H groups in total. The summed E-state index contributed by atoms with van der Waals surface area (Å²) in [7, 11) is 0. The van der Waals surface area contributed by atoms with Crippen molar-refractivity contribution in [3.8, 4) is 0 Å². The van der Waals surface area contributed by atoms with Crippen molar-refractivity contribution in [2.24, 2.45) is 0 Å². The highest BCUT2D eigenvalue weighted by atomic mass is 32.1. The van der Waals surface area contributed by atoms with Gasteiger partial charge in [0.15, 0.2) is 11.5 Å². The number of pyridine rings is 1. The van der Waals surface area contributed by atoms with Crippen LogP contribution in [0, 0.1) is 4.64 Å². The van der Waals surface area contributed by atoms with Crippen molar-refractivity contribution >= 4 is 23.3 Å². The van der Waals surface area contributed by atoms with E-state index in [9.17, 15) is 0 Å². The highest BCUT2D eigenvalue weighted by Gasteiger charge is 2.01. The number of hydrogen-bond donors (Lipinski definition) is 1. The molecule has 0 atom stereocenters. The molecule has 2 aromatic rings. The van der Waals surface area contributed by atoms with Gasteiger partial charge in [-0.1, -0.05) is 33.0 Å². The number of nitrogens with one attached hydrogen (secondary N) is 1. The molecule has 0 aliphatic rings. The van der Waals surface area contributed by atoms with Crippen molar-refractivity contribution in [2.45, 2.75) is 27.2 Å². The van der Waals surface area contributed by atoms with Crippen LogP contribution in [0.1, 0.15) is 26.7 Å². The van der Waals surface area contributed by atoms with Crippen LogP contribution in [-0.4, -0.2) is 9.97 Å². The van der Waals surface area contributed by atoms with Crippen molar-refractivity contribution in [3.05, 3.63) is 22.8 Å². The van der Waals surface area contributed by atoms with Crippen molar-refractivity contribution in [3.63, 3.8) is 0 Å². The Morgan fingerprint density at radius 3 is 2.86 bits per heavy atom. The number of aromatic amines is 1. The van der Waals surface area contributed by atoms with E-state index in [1.807, 2.05) is 20.8 Å². The van der Waals surface area contributed by atoms with Gasteiger partial charge in [0.25, 0.3) is 0 Å². The molecule has 0 spiro atoms. The number of aromatic nitrogens is 2. The minimum absolute atomic E-state index is 0.668. The second-order valence-corrected chi connectivity index (χ2v) is 2.95. The maximum Gasteiger partial charge on any atom is 0.195 e. The van der Waals surface area contributed by atoms with Gasteiger partial charge in [0.05, 0.1) is 0 Å². The molecule has 0 saturated carbocycles. The molecule has 0 aromatic carbocycles. The summed E-state index contributed by atoms with van der Waals surface area (Å²) in [5.41, 5.74) is 1.59. The number of oxazole rings is 1. The van der Waals surface area contributed by atoms with E-state index in [0.717, 1.165) is 23.4 Å². The van der Waals surface area contributed by atoms with Crippen LogP contribution < -0.4 is 0 Å². The van der Waals surface area contributed by atoms with E-state index >= 15 is 0 Å². The van der Waals surface area contributed by atoms with E-state index in [-0.39, 0.29) is 0 Å². The summed E-state index contributed by atoms with van der Waals surface area (Å²) in [6.07, 6.45) is 2.57. The molecule has 4 heteroatoms. The molecular formula is C10H14N2OS. The Balaban J connectivity index is 0.000000461. The Hall–Kier alpha value is -1.16. The van der Waals surface area contributed by atoms with Gasteiger partial charge < -0.3 is 9.40 Å². The average Bonchev–Trinajstić information content (AvgIpc) is 2.62. The Kier molecular flexibility index (Phi) is 3.83. The Bertz CT molecular complexity index is 458. The van der Waals surface area contributed by atoms with E-state index in [1.165, 1.54) is 0 Å². The number of fused-ring (bicyclic) bond motifs is 1. The maximum absolute atomic E-state index is 5.40. The predicted molar refractivity (Wildman–Crippen MR) is 59.9 cm³/mol. The van der Waals surface area contributed by atoms with Crippen LogP contribution in [0.3, 0.4) is 0 Å². The molecule has 76 valence electrons. The van der Waals surface area contributed by atoms with Gasteiger partial charge in [0, 0.05) is 18.7 Å². The molecule has 2 rings (SSSR count).